The average molecular weight is 513 g/mol. The van der Waals surface area contributed by atoms with Gasteiger partial charge in [-0.25, -0.2) is 0 Å². The summed E-state index contributed by atoms with van der Waals surface area (Å²) >= 11 is 7.80. The van der Waals surface area contributed by atoms with Crippen LogP contribution in [0.25, 0.3) is 10.9 Å². The Morgan fingerprint density at radius 1 is 1.20 bits per heavy atom. The molecule has 0 unspecified atom stereocenters. The van der Waals surface area contributed by atoms with E-state index in [0.717, 1.165) is 72.7 Å². The van der Waals surface area contributed by atoms with Crippen LogP contribution in [0.3, 0.4) is 0 Å². The van der Waals surface area contributed by atoms with Gasteiger partial charge in [0.1, 0.15) is 5.75 Å². The topological polar surface area (TPSA) is 62.7 Å². The summed E-state index contributed by atoms with van der Waals surface area (Å²) in [4.78, 5) is 19.7. The van der Waals surface area contributed by atoms with E-state index >= 15 is 0 Å². The van der Waals surface area contributed by atoms with Crippen molar-refractivity contribution in [3.05, 3.63) is 65.3 Å². The third kappa shape index (κ3) is 7.35. The second kappa shape index (κ2) is 12.6. The van der Waals surface area contributed by atoms with Gasteiger partial charge in [0, 0.05) is 46.8 Å². The van der Waals surface area contributed by atoms with E-state index < -0.39 is 5.97 Å². The molecule has 3 aromatic rings. The Bertz CT molecular complexity index is 1120. The van der Waals surface area contributed by atoms with E-state index in [1.807, 2.05) is 42.2 Å². The zero-order chi connectivity index (χ0) is 24.6. The van der Waals surface area contributed by atoms with Crippen molar-refractivity contribution in [2.24, 2.45) is 11.8 Å². The Morgan fingerprint density at radius 3 is 2.80 bits per heavy atom. The molecule has 0 amide bonds. The van der Waals surface area contributed by atoms with E-state index in [0.29, 0.717) is 5.92 Å². The Labute approximate surface area is 216 Å². The molecule has 1 aliphatic heterocycles. The molecule has 0 aliphatic carbocycles. The number of fused-ring (bicyclic) bond motifs is 1. The third-order valence-corrected chi connectivity index (χ3v) is 8.21. The maximum Gasteiger partial charge on any atom is 0.303 e. The Hall–Kier alpha value is -2.28. The number of carboxylic acid groups (broad SMARTS) is 1. The number of hydrogen-bond donors (Lipinski definition) is 1. The number of ether oxygens (including phenoxy) is 1. The van der Waals surface area contributed by atoms with Crippen molar-refractivity contribution in [2.75, 3.05) is 32.5 Å². The van der Waals surface area contributed by atoms with Gasteiger partial charge in [0.25, 0.3) is 0 Å². The summed E-state index contributed by atoms with van der Waals surface area (Å²) in [5.74, 6) is 1.80. The first-order valence-electron chi connectivity index (χ1n) is 12.3. The summed E-state index contributed by atoms with van der Waals surface area (Å²) < 4.78 is 5.40. The van der Waals surface area contributed by atoms with Gasteiger partial charge >= 0.3 is 5.97 Å². The van der Waals surface area contributed by atoms with Crippen molar-refractivity contribution in [3.8, 4) is 5.75 Å². The molecule has 0 spiro atoms. The molecule has 1 saturated heterocycles. The lowest BCUT2D eigenvalue weighted by molar-refractivity contribution is -0.139. The molecule has 4 rings (SSSR count). The summed E-state index contributed by atoms with van der Waals surface area (Å²) in [5.41, 5.74) is 2.26. The van der Waals surface area contributed by atoms with Crippen LogP contribution in [0, 0.1) is 11.8 Å². The lowest BCUT2D eigenvalue weighted by Crippen LogP contribution is -2.42. The summed E-state index contributed by atoms with van der Waals surface area (Å²) in [6.07, 6.45) is 6.25. The molecule has 186 valence electrons. The maximum atomic E-state index is 11.6. The van der Waals surface area contributed by atoms with Crippen molar-refractivity contribution in [1.29, 1.82) is 0 Å². The molecule has 35 heavy (non-hydrogen) atoms. The van der Waals surface area contributed by atoms with Crippen molar-refractivity contribution in [3.63, 3.8) is 0 Å². The lowest BCUT2D eigenvalue weighted by Gasteiger charge is -2.38. The predicted octanol–water partition coefficient (Wildman–Crippen LogP) is 6.42. The molecule has 0 radical (unpaired) electrons. The minimum absolute atomic E-state index is 0.205. The number of carbonyl (C=O) groups is 1. The molecule has 0 bridgehead atoms. The van der Waals surface area contributed by atoms with Gasteiger partial charge in [-0.3, -0.25) is 9.78 Å². The molecule has 0 saturated carbocycles. The van der Waals surface area contributed by atoms with Gasteiger partial charge in [-0.1, -0.05) is 11.6 Å². The number of aromatic nitrogens is 1. The SMILES string of the molecule is COc1ccc2nccc(CCC[C@@H]3CCN(CCSc4ccc(Cl)cc4)C[C@@H]3CC(=O)O)c2c1. The summed E-state index contributed by atoms with van der Waals surface area (Å²) in [6, 6.07) is 16.0. The number of aliphatic carboxylic acids is 1. The molecule has 2 aromatic carbocycles. The molecule has 5 nitrogen and oxygen atoms in total. The number of nitrogens with zero attached hydrogens (tertiary/aromatic N) is 2. The van der Waals surface area contributed by atoms with Crippen LogP contribution in [0.4, 0.5) is 0 Å². The number of hydrogen-bond acceptors (Lipinski definition) is 5. The van der Waals surface area contributed by atoms with Crippen LogP contribution in [-0.4, -0.2) is 53.5 Å². The first-order valence-corrected chi connectivity index (χ1v) is 13.6. The third-order valence-electron chi connectivity index (χ3n) is 6.96. The van der Waals surface area contributed by atoms with Crippen molar-refractivity contribution in [2.45, 2.75) is 37.0 Å². The number of rotatable bonds is 11. The highest BCUT2D eigenvalue weighted by molar-refractivity contribution is 7.99. The fourth-order valence-electron chi connectivity index (χ4n) is 5.10. The fourth-order valence-corrected chi connectivity index (χ4v) is 6.14. The number of halogens is 1. The van der Waals surface area contributed by atoms with E-state index in [4.69, 9.17) is 16.3 Å². The Morgan fingerprint density at radius 2 is 2.03 bits per heavy atom. The van der Waals surface area contributed by atoms with E-state index in [1.54, 1.807) is 7.11 Å². The van der Waals surface area contributed by atoms with Gasteiger partial charge in [0.05, 0.1) is 12.6 Å². The zero-order valence-electron chi connectivity index (χ0n) is 20.2. The number of carboxylic acids is 1. The highest BCUT2D eigenvalue weighted by atomic mass is 35.5. The summed E-state index contributed by atoms with van der Waals surface area (Å²) in [6.45, 7) is 2.88. The number of thioether (sulfide) groups is 1. The van der Waals surface area contributed by atoms with E-state index in [1.165, 1.54) is 10.5 Å². The van der Waals surface area contributed by atoms with Gasteiger partial charge in [-0.2, -0.15) is 0 Å². The lowest BCUT2D eigenvalue weighted by atomic mass is 9.80. The van der Waals surface area contributed by atoms with Crippen LogP contribution in [0.15, 0.2) is 59.6 Å². The highest BCUT2D eigenvalue weighted by Crippen LogP contribution is 2.32. The summed E-state index contributed by atoms with van der Waals surface area (Å²) in [5, 5.41) is 11.4. The first kappa shape index (κ1) is 25.8. The van der Waals surface area contributed by atoms with Crippen LogP contribution in [0.5, 0.6) is 5.75 Å². The van der Waals surface area contributed by atoms with Crippen molar-refractivity contribution < 1.29 is 14.6 Å². The average Bonchev–Trinajstić information content (AvgIpc) is 2.86. The Kier molecular flexibility index (Phi) is 9.30. The molecule has 2 atom stereocenters. The molecular weight excluding hydrogens is 480 g/mol. The summed E-state index contributed by atoms with van der Waals surface area (Å²) in [7, 11) is 1.68. The molecule has 1 fully saturated rings. The van der Waals surface area contributed by atoms with Crippen molar-refractivity contribution >= 4 is 40.2 Å². The molecule has 1 aromatic heterocycles. The molecule has 2 heterocycles. The quantitative estimate of drug-likeness (QED) is 0.299. The van der Waals surface area contributed by atoms with Gasteiger partial charge in [-0.15, -0.1) is 11.8 Å². The maximum absolute atomic E-state index is 11.6. The van der Waals surface area contributed by atoms with E-state index in [-0.39, 0.29) is 12.3 Å². The molecule has 7 heteroatoms. The van der Waals surface area contributed by atoms with Crippen LogP contribution in [0.2, 0.25) is 5.02 Å². The number of likely N-dealkylation sites (tertiary alicyclic amines) is 1. The van der Waals surface area contributed by atoms with E-state index in [2.05, 4.69) is 34.1 Å². The monoisotopic (exact) mass is 512 g/mol. The standard InChI is InChI=1S/C28H33ClN2O3S/c1-34-24-7-10-27-26(18-24)21(11-13-30-27)4-2-3-20-12-14-31(19-22(20)17-28(32)33)15-16-35-25-8-5-23(29)6-9-25/h5-11,13,18,20,22H,2-4,12,14-17,19H2,1H3,(H,32,33)/t20-,22+/m1/s1. The second-order valence-corrected chi connectivity index (χ2v) is 10.9. The molecular formula is C28H33ClN2O3S. The van der Waals surface area contributed by atoms with Gasteiger partial charge in [0.15, 0.2) is 0 Å². The number of pyridine rings is 1. The van der Waals surface area contributed by atoms with Crippen molar-refractivity contribution in [1.82, 2.24) is 9.88 Å². The molecule has 1 N–H and O–H groups in total. The number of aryl methyl sites for hydroxylation is 1. The number of piperidine rings is 1. The fraction of sp³-hybridized carbons (Fsp3) is 0.429. The minimum Gasteiger partial charge on any atom is -0.497 e. The van der Waals surface area contributed by atoms with Crippen LogP contribution < -0.4 is 4.74 Å². The zero-order valence-corrected chi connectivity index (χ0v) is 21.7. The van der Waals surface area contributed by atoms with Gasteiger partial charge in [-0.05, 0) is 98.2 Å². The van der Waals surface area contributed by atoms with Crippen LogP contribution >= 0.6 is 23.4 Å². The second-order valence-electron chi connectivity index (χ2n) is 9.26. The normalized spacial score (nSPS) is 18.6. The molecule has 1 aliphatic rings. The van der Waals surface area contributed by atoms with Crippen LogP contribution in [0.1, 0.15) is 31.2 Å². The largest absolute Gasteiger partial charge is 0.497 e. The first-order chi connectivity index (χ1) is 17.0. The van der Waals surface area contributed by atoms with Gasteiger partial charge in [0.2, 0.25) is 0 Å². The van der Waals surface area contributed by atoms with Crippen LogP contribution in [-0.2, 0) is 11.2 Å². The van der Waals surface area contributed by atoms with E-state index in [9.17, 15) is 9.90 Å². The highest BCUT2D eigenvalue weighted by Gasteiger charge is 2.30. The smallest absolute Gasteiger partial charge is 0.303 e. The minimum atomic E-state index is -0.690. The Balaban J connectivity index is 1.30. The number of benzene rings is 2. The number of methoxy groups -OCH3 is 1. The van der Waals surface area contributed by atoms with Gasteiger partial charge < -0.3 is 14.7 Å². The predicted molar refractivity (Wildman–Crippen MR) is 144 cm³/mol.